The van der Waals surface area contributed by atoms with E-state index in [4.69, 9.17) is 5.73 Å². The zero-order chi connectivity index (χ0) is 19.2. The lowest BCUT2D eigenvalue weighted by atomic mass is 10.3. The van der Waals surface area contributed by atoms with Gasteiger partial charge in [0.2, 0.25) is 5.95 Å². The van der Waals surface area contributed by atoms with Crippen molar-refractivity contribution in [1.82, 2.24) is 24.8 Å². The number of thiazole rings is 1. The van der Waals surface area contributed by atoms with Gasteiger partial charge >= 0.3 is 0 Å². The van der Waals surface area contributed by atoms with Gasteiger partial charge < -0.3 is 20.4 Å². The summed E-state index contributed by atoms with van der Waals surface area (Å²) >= 11 is 1.69. The molecule has 0 amide bonds. The second-order valence-electron chi connectivity index (χ2n) is 6.91. The van der Waals surface area contributed by atoms with Gasteiger partial charge in [-0.1, -0.05) is 0 Å². The number of nitrogens with two attached hydrogens (primary N) is 1. The van der Waals surface area contributed by atoms with Crippen LogP contribution < -0.4 is 15.5 Å². The molecule has 0 saturated carbocycles. The van der Waals surface area contributed by atoms with E-state index in [1.807, 2.05) is 17.6 Å². The molecule has 4 rings (SSSR count). The maximum Gasteiger partial charge on any atom is 0.225 e. The minimum absolute atomic E-state index is 0.662. The Bertz CT molecular complexity index is 736. The van der Waals surface area contributed by atoms with Gasteiger partial charge in [0.15, 0.2) is 11.1 Å². The Morgan fingerprint density at radius 2 is 1.64 bits per heavy atom. The van der Waals surface area contributed by atoms with E-state index in [1.165, 1.54) is 0 Å². The van der Waals surface area contributed by atoms with Crippen LogP contribution in [0, 0.1) is 0 Å². The van der Waals surface area contributed by atoms with Gasteiger partial charge in [-0.3, -0.25) is 9.89 Å². The molecular weight excluding hydrogens is 374 g/mol. The van der Waals surface area contributed by atoms with Gasteiger partial charge in [0.25, 0.3) is 0 Å². The van der Waals surface area contributed by atoms with E-state index in [9.17, 15) is 0 Å². The summed E-state index contributed by atoms with van der Waals surface area (Å²) in [5.74, 6) is 1.48. The van der Waals surface area contributed by atoms with E-state index in [2.05, 4.69) is 39.5 Å². The molecule has 0 atom stereocenters. The van der Waals surface area contributed by atoms with Crippen LogP contribution >= 0.6 is 11.3 Å². The largest absolute Gasteiger partial charge is 0.370 e. The first-order valence-corrected chi connectivity index (χ1v) is 10.6. The molecule has 0 aromatic carbocycles. The average Bonchev–Trinajstić information content (AvgIpc) is 3.30. The summed E-state index contributed by atoms with van der Waals surface area (Å²) in [5.41, 5.74) is 6.23. The highest BCUT2D eigenvalue weighted by molar-refractivity contribution is 7.13. The maximum absolute atomic E-state index is 6.23. The first-order chi connectivity index (χ1) is 13.8. The summed E-state index contributed by atoms with van der Waals surface area (Å²) in [5, 5.41) is 3.11. The van der Waals surface area contributed by atoms with Crippen LogP contribution in [-0.2, 0) is 0 Å². The molecule has 2 saturated heterocycles. The van der Waals surface area contributed by atoms with Gasteiger partial charge in [-0.15, -0.1) is 11.3 Å². The molecule has 28 heavy (non-hydrogen) atoms. The van der Waals surface area contributed by atoms with Crippen molar-refractivity contribution in [2.24, 2.45) is 10.7 Å². The summed E-state index contributed by atoms with van der Waals surface area (Å²) in [4.78, 5) is 26.8. The Balaban J connectivity index is 1.17. The van der Waals surface area contributed by atoms with Crippen LogP contribution in [0.4, 0.5) is 11.1 Å². The highest BCUT2D eigenvalue weighted by Crippen LogP contribution is 2.18. The van der Waals surface area contributed by atoms with Gasteiger partial charge in [0.05, 0.1) is 6.54 Å². The molecule has 0 unspecified atom stereocenters. The van der Waals surface area contributed by atoms with Crippen molar-refractivity contribution in [3.8, 4) is 0 Å². The normalized spacial score (nSPS) is 19.3. The van der Waals surface area contributed by atoms with Crippen molar-refractivity contribution in [1.29, 1.82) is 0 Å². The summed E-state index contributed by atoms with van der Waals surface area (Å²) in [6.45, 7) is 9.23. The van der Waals surface area contributed by atoms with E-state index in [0.29, 0.717) is 5.96 Å². The van der Waals surface area contributed by atoms with E-state index in [-0.39, 0.29) is 0 Å². The Hall–Kier alpha value is -2.46. The minimum atomic E-state index is 0.662. The van der Waals surface area contributed by atoms with E-state index in [1.54, 1.807) is 23.7 Å². The number of hydrogen-bond donors (Lipinski definition) is 1. The monoisotopic (exact) mass is 401 g/mol. The molecule has 4 heterocycles. The number of aliphatic imine (C=N–C) groups is 1. The third-order valence-electron chi connectivity index (χ3n) is 5.19. The first kappa shape index (κ1) is 18.9. The molecular formula is C18H27N9S. The first-order valence-electron chi connectivity index (χ1n) is 9.73. The van der Waals surface area contributed by atoms with Crippen LogP contribution in [0.25, 0.3) is 0 Å². The Labute approximate surface area is 169 Å². The van der Waals surface area contributed by atoms with Crippen LogP contribution in [0.3, 0.4) is 0 Å². The lowest BCUT2D eigenvalue weighted by Crippen LogP contribution is -2.51. The predicted octanol–water partition coefficient (Wildman–Crippen LogP) is 0.192. The van der Waals surface area contributed by atoms with Crippen molar-refractivity contribution in [2.45, 2.75) is 0 Å². The fourth-order valence-electron chi connectivity index (χ4n) is 3.53. The maximum atomic E-state index is 6.23. The van der Waals surface area contributed by atoms with Crippen LogP contribution in [0.1, 0.15) is 0 Å². The second-order valence-corrected chi connectivity index (χ2v) is 7.78. The van der Waals surface area contributed by atoms with Crippen molar-refractivity contribution in [2.75, 3.05) is 75.2 Å². The molecule has 10 heteroatoms. The molecule has 2 aromatic heterocycles. The van der Waals surface area contributed by atoms with E-state index in [0.717, 1.165) is 76.5 Å². The van der Waals surface area contributed by atoms with Crippen molar-refractivity contribution < 1.29 is 0 Å². The molecule has 0 radical (unpaired) electrons. The molecule has 0 aliphatic carbocycles. The molecule has 2 aliphatic heterocycles. The number of rotatable bonds is 5. The lowest BCUT2D eigenvalue weighted by molar-refractivity contribution is 0.263. The summed E-state index contributed by atoms with van der Waals surface area (Å²) < 4.78 is 0. The number of aromatic nitrogens is 3. The average molecular weight is 402 g/mol. The predicted molar refractivity (Wildman–Crippen MR) is 113 cm³/mol. The molecule has 2 N–H and O–H groups in total. The van der Waals surface area contributed by atoms with Gasteiger partial charge in [0, 0.05) is 82.9 Å². The molecule has 2 aromatic rings. The lowest BCUT2D eigenvalue weighted by Gasteiger charge is -2.35. The molecule has 150 valence electrons. The fourth-order valence-corrected chi connectivity index (χ4v) is 4.23. The molecule has 9 nitrogen and oxygen atoms in total. The quantitative estimate of drug-likeness (QED) is 0.561. The smallest absolute Gasteiger partial charge is 0.225 e. The highest BCUT2D eigenvalue weighted by atomic mass is 32.1. The standard InChI is InChI=1S/C18H27N9S/c19-16(25-11-13-27(14-12-25)18-23-5-15-28-18)20-4-6-24-7-9-26(10-8-24)17-21-2-1-3-22-17/h1-3,5,15H,4,6-14H2,(H2,19,20). The summed E-state index contributed by atoms with van der Waals surface area (Å²) in [7, 11) is 0. The number of guanidine groups is 1. The minimum Gasteiger partial charge on any atom is -0.370 e. The van der Waals surface area contributed by atoms with Crippen LogP contribution in [0.2, 0.25) is 0 Å². The van der Waals surface area contributed by atoms with Crippen molar-refractivity contribution >= 4 is 28.4 Å². The topological polar surface area (TPSA) is 90.0 Å². The summed E-state index contributed by atoms with van der Waals surface area (Å²) in [6, 6.07) is 1.85. The number of hydrogen-bond acceptors (Lipinski definition) is 8. The molecule has 0 spiro atoms. The molecule has 2 aliphatic rings. The number of nitrogens with zero attached hydrogens (tertiary/aromatic N) is 8. The van der Waals surface area contributed by atoms with E-state index < -0.39 is 0 Å². The Kier molecular flexibility index (Phi) is 6.17. The molecule has 0 bridgehead atoms. The van der Waals surface area contributed by atoms with E-state index >= 15 is 0 Å². The fraction of sp³-hybridized carbons (Fsp3) is 0.556. The highest BCUT2D eigenvalue weighted by Gasteiger charge is 2.20. The third kappa shape index (κ3) is 4.68. The van der Waals surface area contributed by atoms with Gasteiger partial charge in [0.1, 0.15) is 0 Å². The SMILES string of the molecule is NC(=NCCN1CCN(c2ncccn2)CC1)N1CCN(c2nccs2)CC1. The van der Waals surface area contributed by atoms with Gasteiger partial charge in [-0.05, 0) is 6.07 Å². The zero-order valence-corrected chi connectivity index (χ0v) is 16.8. The Morgan fingerprint density at radius 1 is 0.929 bits per heavy atom. The summed E-state index contributed by atoms with van der Waals surface area (Å²) in [6.07, 6.45) is 5.45. The second kappa shape index (κ2) is 9.16. The van der Waals surface area contributed by atoms with Gasteiger partial charge in [-0.2, -0.15) is 0 Å². The zero-order valence-electron chi connectivity index (χ0n) is 16.0. The number of anilines is 2. The van der Waals surface area contributed by atoms with Crippen LogP contribution in [-0.4, -0.2) is 96.2 Å². The van der Waals surface area contributed by atoms with Crippen molar-refractivity contribution in [3.63, 3.8) is 0 Å². The van der Waals surface area contributed by atoms with Crippen LogP contribution in [0.15, 0.2) is 35.0 Å². The van der Waals surface area contributed by atoms with Gasteiger partial charge in [-0.25, -0.2) is 15.0 Å². The molecule has 2 fully saturated rings. The Morgan fingerprint density at radius 3 is 2.32 bits per heavy atom. The third-order valence-corrected chi connectivity index (χ3v) is 6.02. The number of piperazine rings is 2. The van der Waals surface area contributed by atoms with Crippen molar-refractivity contribution in [3.05, 3.63) is 30.0 Å². The van der Waals surface area contributed by atoms with Crippen LogP contribution in [0.5, 0.6) is 0 Å².